The van der Waals surface area contributed by atoms with E-state index in [4.69, 9.17) is 0 Å². The van der Waals surface area contributed by atoms with Gasteiger partial charge >= 0.3 is 0 Å². The molecule has 3 N–H and O–H groups in total. The Balaban J connectivity index is 1.90. The zero-order chi connectivity index (χ0) is 13.0. The molecule has 4 rings (SSSR count). The van der Waals surface area contributed by atoms with Crippen LogP contribution < -0.4 is 5.32 Å². The number of benzene rings is 1. The van der Waals surface area contributed by atoms with Crippen LogP contribution in [0.2, 0.25) is 0 Å². The molecule has 0 radical (unpaired) electrons. The van der Waals surface area contributed by atoms with Crippen LogP contribution in [0, 0.1) is 5.92 Å². The summed E-state index contributed by atoms with van der Waals surface area (Å²) >= 11 is 0. The van der Waals surface area contributed by atoms with Gasteiger partial charge in [-0.15, -0.1) is 0 Å². The molecular formula is C16H21NO2. The van der Waals surface area contributed by atoms with E-state index in [1.54, 1.807) is 6.07 Å². The second kappa shape index (κ2) is 4.14. The maximum absolute atomic E-state index is 10.3. The summed E-state index contributed by atoms with van der Waals surface area (Å²) in [6, 6.07) is 4.29. The predicted octanol–water partition coefficient (Wildman–Crippen LogP) is 2.83. The van der Waals surface area contributed by atoms with Gasteiger partial charge in [0.2, 0.25) is 0 Å². The minimum Gasteiger partial charge on any atom is -0.504 e. The van der Waals surface area contributed by atoms with Gasteiger partial charge in [-0.1, -0.05) is 18.9 Å². The number of fused-ring (bicyclic) bond motifs is 6. The lowest BCUT2D eigenvalue weighted by Crippen LogP contribution is -2.42. The van der Waals surface area contributed by atoms with Crippen molar-refractivity contribution in [3.05, 3.63) is 23.3 Å². The maximum Gasteiger partial charge on any atom is 0.161 e. The molecular weight excluding hydrogens is 238 g/mol. The summed E-state index contributed by atoms with van der Waals surface area (Å²) in [6.07, 6.45) is 6.12. The Labute approximate surface area is 113 Å². The molecule has 2 fully saturated rings. The van der Waals surface area contributed by atoms with E-state index in [1.807, 2.05) is 6.07 Å². The molecule has 3 nitrogen and oxygen atoms in total. The van der Waals surface area contributed by atoms with Gasteiger partial charge in [-0.25, -0.2) is 0 Å². The molecule has 1 saturated carbocycles. The van der Waals surface area contributed by atoms with Gasteiger partial charge in [0.15, 0.2) is 11.5 Å². The van der Waals surface area contributed by atoms with Crippen LogP contribution in [0.3, 0.4) is 0 Å². The lowest BCUT2D eigenvalue weighted by atomic mass is 9.62. The highest BCUT2D eigenvalue weighted by atomic mass is 16.3. The smallest absolute Gasteiger partial charge is 0.161 e. The zero-order valence-corrected chi connectivity index (χ0v) is 11.1. The van der Waals surface area contributed by atoms with Crippen molar-refractivity contribution in [2.45, 2.75) is 50.0 Å². The monoisotopic (exact) mass is 259 g/mol. The molecule has 1 aromatic carbocycles. The van der Waals surface area contributed by atoms with Crippen molar-refractivity contribution in [1.82, 2.24) is 5.32 Å². The molecule has 0 bridgehead atoms. The summed E-state index contributed by atoms with van der Waals surface area (Å²) in [4.78, 5) is 0. The largest absolute Gasteiger partial charge is 0.504 e. The molecule has 0 amide bonds. The Morgan fingerprint density at radius 1 is 1.00 bits per heavy atom. The molecule has 1 heterocycles. The molecule has 1 aromatic rings. The van der Waals surface area contributed by atoms with Gasteiger partial charge in [-0.05, 0) is 49.3 Å². The molecule has 102 valence electrons. The molecule has 2 aliphatic carbocycles. The topological polar surface area (TPSA) is 52.5 Å². The minimum absolute atomic E-state index is 0.0486. The van der Waals surface area contributed by atoms with Crippen molar-refractivity contribution in [2.24, 2.45) is 5.92 Å². The maximum atomic E-state index is 10.3. The molecule has 3 heteroatoms. The number of phenols is 2. The van der Waals surface area contributed by atoms with Crippen molar-refractivity contribution < 1.29 is 10.2 Å². The molecule has 1 unspecified atom stereocenters. The highest BCUT2D eigenvalue weighted by Crippen LogP contribution is 2.55. The second-order valence-electron chi connectivity index (χ2n) is 6.37. The fraction of sp³-hybridized carbons (Fsp3) is 0.625. The van der Waals surface area contributed by atoms with Crippen LogP contribution in [0.25, 0.3) is 0 Å². The Morgan fingerprint density at radius 3 is 2.74 bits per heavy atom. The highest BCUT2D eigenvalue weighted by Gasteiger charge is 2.46. The molecule has 1 saturated heterocycles. The Bertz CT molecular complexity index is 514. The van der Waals surface area contributed by atoms with Crippen molar-refractivity contribution >= 4 is 0 Å². The summed E-state index contributed by atoms with van der Waals surface area (Å²) in [5, 5.41) is 23.9. The molecule has 0 spiro atoms. The lowest BCUT2D eigenvalue weighted by Gasteiger charge is -2.44. The normalized spacial score (nSPS) is 36.4. The van der Waals surface area contributed by atoms with Crippen molar-refractivity contribution in [2.75, 3.05) is 6.54 Å². The predicted molar refractivity (Wildman–Crippen MR) is 73.6 cm³/mol. The first-order valence-corrected chi connectivity index (χ1v) is 7.55. The van der Waals surface area contributed by atoms with Gasteiger partial charge in [0, 0.05) is 17.5 Å². The molecule has 19 heavy (non-hydrogen) atoms. The third kappa shape index (κ3) is 1.54. The van der Waals surface area contributed by atoms with Crippen LogP contribution >= 0.6 is 0 Å². The quantitative estimate of drug-likeness (QED) is 0.628. The van der Waals surface area contributed by atoms with Crippen LogP contribution in [0.5, 0.6) is 11.5 Å². The second-order valence-corrected chi connectivity index (χ2v) is 6.37. The van der Waals surface area contributed by atoms with E-state index >= 15 is 0 Å². The third-order valence-corrected chi connectivity index (χ3v) is 5.55. The van der Waals surface area contributed by atoms with E-state index in [0.29, 0.717) is 23.8 Å². The summed E-state index contributed by atoms with van der Waals surface area (Å²) < 4.78 is 0. The number of rotatable bonds is 0. The van der Waals surface area contributed by atoms with Crippen LogP contribution in [0.1, 0.15) is 55.1 Å². The van der Waals surface area contributed by atoms with Crippen LogP contribution in [0.15, 0.2) is 12.1 Å². The van der Waals surface area contributed by atoms with Gasteiger partial charge in [0.25, 0.3) is 0 Å². The zero-order valence-electron chi connectivity index (χ0n) is 11.1. The van der Waals surface area contributed by atoms with Crippen molar-refractivity contribution in [3.8, 4) is 11.5 Å². The van der Waals surface area contributed by atoms with Gasteiger partial charge in [0.05, 0.1) is 0 Å². The van der Waals surface area contributed by atoms with Crippen LogP contribution in [0.4, 0.5) is 0 Å². The number of hydrogen-bond donors (Lipinski definition) is 3. The summed E-state index contributed by atoms with van der Waals surface area (Å²) in [5.74, 6) is 1.80. The number of phenolic OH excluding ortho intramolecular Hbond substituents is 2. The summed E-state index contributed by atoms with van der Waals surface area (Å²) in [5.41, 5.74) is 2.35. The number of nitrogens with one attached hydrogen (secondary N) is 1. The van der Waals surface area contributed by atoms with Gasteiger partial charge in [-0.2, -0.15) is 0 Å². The lowest BCUT2D eigenvalue weighted by molar-refractivity contribution is 0.212. The van der Waals surface area contributed by atoms with Gasteiger partial charge < -0.3 is 15.5 Å². The number of hydrogen-bond acceptors (Lipinski definition) is 3. The van der Waals surface area contributed by atoms with E-state index < -0.39 is 0 Å². The first-order valence-electron chi connectivity index (χ1n) is 7.55. The van der Waals surface area contributed by atoms with Crippen LogP contribution in [-0.4, -0.2) is 22.8 Å². The molecule has 1 aliphatic heterocycles. The minimum atomic E-state index is 0.0486. The summed E-state index contributed by atoms with van der Waals surface area (Å²) in [6.45, 7) is 1.08. The van der Waals surface area contributed by atoms with Crippen LogP contribution in [-0.2, 0) is 0 Å². The Kier molecular flexibility index (Phi) is 2.52. The standard InChI is InChI=1S/C16H21NO2/c18-13-6-5-10-12-7-8-17-15(12)11-4-2-1-3-9(11)14(10)16(13)19/h5-6,9,11-12,15,17-19H,1-4,7-8H2/t9-,11+,12?,15-/m1/s1. The highest BCUT2D eigenvalue weighted by molar-refractivity contribution is 5.54. The van der Waals surface area contributed by atoms with E-state index in [2.05, 4.69) is 5.32 Å². The molecule has 4 atom stereocenters. The summed E-state index contributed by atoms with van der Waals surface area (Å²) in [7, 11) is 0. The third-order valence-electron chi connectivity index (χ3n) is 5.55. The van der Waals surface area contributed by atoms with Crippen molar-refractivity contribution in [3.63, 3.8) is 0 Å². The number of aromatic hydroxyl groups is 2. The van der Waals surface area contributed by atoms with Gasteiger partial charge in [-0.3, -0.25) is 0 Å². The Hall–Kier alpha value is -1.22. The fourth-order valence-electron chi connectivity index (χ4n) is 4.80. The van der Waals surface area contributed by atoms with E-state index in [-0.39, 0.29) is 11.5 Å². The first-order chi connectivity index (χ1) is 9.27. The van der Waals surface area contributed by atoms with Gasteiger partial charge in [0.1, 0.15) is 0 Å². The molecule has 0 aromatic heterocycles. The van der Waals surface area contributed by atoms with E-state index in [9.17, 15) is 10.2 Å². The average molecular weight is 259 g/mol. The van der Waals surface area contributed by atoms with E-state index in [1.165, 1.54) is 24.8 Å². The van der Waals surface area contributed by atoms with Crippen molar-refractivity contribution in [1.29, 1.82) is 0 Å². The first kappa shape index (κ1) is 11.6. The Morgan fingerprint density at radius 2 is 1.84 bits per heavy atom. The average Bonchev–Trinajstić information content (AvgIpc) is 2.92. The SMILES string of the molecule is Oc1ccc2c(c1O)[C@@H]1CCCC[C@@H]1[C@H]1NCCC21. The van der Waals surface area contributed by atoms with E-state index in [0.717, 1.165) is 24.9 Å². The molecule has 3 aliphatic rings. The fourth-order valence-corrected chi connectivity index (χ4v) is 4.80.